The first-order valence-electron chi connectivity index (χ1n) is 11.8. The highest BCUT2D eigenvalue weighted by atomic mass is 16.5. The lowest BCUT2D eigenvalue weighted by molar-refractivity contribution is -0.144. The Morgan fingerprint density at radius 1 is 1.00 bits per heavy atom. The van der Waals surface area contributed by atoms with Crippen LogP contribution in [0.15, 0.2) is 36.4 Å². The van der Waals surface area contributed by atoms with Crippen LogP contribution in [-0.4, -0.2) is 37.2 Å². The van der Waals surface area contributed by atoms with Crippen LogP contribution in [0.1, 0.15) is 58.4 Å². The summed E-state index contributed by atoms with van der Waals surface area (Å²) in [7, 11) is 1.48. The number of likely N-dealkylation sites (tertiary alicyclic amines) is 1. The highest BCUT2D eigenvalue weighted by Gasteiger charge is 2.31. The fraction of sp³-hybridized carbons (Fsp3) is 0.593. The number of benzene rings is 2. The number of carbonyl (C=O) groups is 1. The summed E-state index contributed by atoms with van der Waals surface area (Å²) in [6, 6.07) is 13.1. The minimum Gasteiger partial charge on any atom is -0.490 e. The maximum absolute atomic E-state index is 11.8. The molecule has 1 atom stereocenters. The molecule has 4 rings (SSSR count). The molecule has 0 amide bonds. The molecule has 2 fully saturated rings. The molecule has 1 aliphatic heterocycles. The maximum Gasteiger partial charge on any atom is 0.310 e. The van der Waals surface area contributed by atoms with Crippen LogP contribution in [0.5, 0.6) is 5.75 Å². The average Bonchev–Trinajstić information content (AvgIpc) is 3.21. The Balaban J connectivity index is 1.35. The molecule has 0 radical (unpaired) electrons. The van der Waals surface area contributed by atoms with Crippen molar-refractivity contribution in [3.63, 3.8) is 0 Å². The van der Waals surface area contributed by atoms with Crippen molar-refractivity contribution >= 4 is 16.7 Å². The first-order valence-corrected chi connectivity index (χ1v) is 11.8. The predicted octanol–water partition coefficient (Wildman–Crippen LogP) is 5.82. The first-order chi connectivity index (χ1) is 14.8. The Bertz CT molecular complexity index is 908. The normalized spacial score (nSPS) is 25.0. The molecule has 4 nitrogen and oxygen atoms in total. The van der Waals surface area contributed by atoms with E-state index in [4.69, 9.17) is 9.47 Å². The number of esters is 1. The largest absolute Gasteiger partial charge is 0.490 e. The number of ether oxygens (including phenoxy) is 2. The Morgan fingerprint density at radius 2 is 1.71 bits per heavy atom. The SMILES string of the molecule is COC(=O)C1CCN(Cc2ccc3cc(O[C@H]4CC[C@H](C(C)(C)C)CC4)ccc3c2)C1. The zero-order chi connectivity index (χ0) is 22.0. The van der Waals surface area contributed by atoms with Gasteiger partial charge in [0.05, 0.1) is 19.1 Å². The molecule has 0 bridgehead atoms. The van der Waals surface area contributed by atoms with E-state index in [1.807, 2.05) is 0 Å². The summed E-state index contributed by atoms with van der Waals surface area (Å²) < 4.78 is 11.3. The van der Waals surface area contributed by atoms with Gasteiger partial charge < -0.3 is 9.47 Å². The van der Waals surface area contributed by atoms with Gasteiger partial charge in [0.15, 0.2) is 0 Å². The standard InChI is InChI=1S/C27H37NO3/c1-27(2,3)23-8-11-24(12-9-23)31-25-10-7-20-15-19(5-6-21(20)16-25)17-28-14-13-22(18-28)26(29)30-4/h5-7,10,15-16,22-24H,8-9,11-14,17-18H2,1-4H3/t22?,23-,24-. The second kappa shape index (κ2) is 9.20. The number of fused-ring (bicyclic) bond motifs is 1. The molecule has 1 heterocycles. The van der Waals surface area contributed by atoms with Gasteiger partial charge in [0.2, 0.25) is 0 Å². The lowest BCUT2D eigenvalue weighted by Crippen LogP contribution is -2.30. The molecular formula is C27H37NO3. The van der Waals surface area contributed by atoms with E-state index in [9.17, 15) is 4.79 Å². The van der Waals surface area contributed by atoms with E-state index in [-0.39, 0.29) is 11.9 Å². The smallest absolute Gasteiger partial charge is 0.310 e. The van der Waals surface area contributed by atoms with Crippen LogP contribution < -0.4 is 4.74 Å². The van der Waals surface area contributed by atoms with Gasteiger partial charge in [-0.3, -0.25) is 9.69 Å². The van der Waals surface area contributed by atoms with E-state index in [1.54, 1.807) is 0 Å². The van der Waals surface area contributed by atoms with Gasteiger partial charge in [0.25, 0.3) is 0 Å². The topological polar surface area (TPSA) is 38.8 Å². The number of hydrogen-bond donors (Lipinski definition) is 0. The van der Waals surface area contributed by atoms with E-state index in [2.05, 4.69) is 62.1 Å². The molecule has 1 saturated carbocycles. The summed E-state index contributed by atoms with van der Waals surface area (Å²) in [4.78, 5) is 14.1. The monoisotopic (exact) mass is 423 g/mol. The summed E-state index contributed by atoms with van der Waals surface area (Å²) >= 11 is 0. The lowest BCUT2D eigenvalue weighted by atomic mass is 9.72. The van der Waals surface area contributed by atoms with Crippen LogP contribution >= 0.6 is 0 Å². The minimum atomic E-state index is -0.0829. The van der Waals surface area contributed by atoms with Gasteiger partial charge in [-0.25, -0.2) is 0 Å². The van der Waals surface area contributed by atoms with E-state index in [0.717, 1.165) is 50.6 Å². The highest BCUT2D eigenvalue weighted by Crippen LogP contribution is 2.39. The molecule has 31 heavy (non-hydrogen) atoms. The van der Waals surface area contributed by atoms with Crippen molar-refractivity contribution in [3.05, 3.63) is 42.0 Å². The number of hydrogen-bond acceptors (Lipinski definition) is 4. The highest BCUT2D eigenvalue weighted by molar-refractivity contribution is 5.84. The number of rotatable bonds is 5. The van der Waals surface area contributed by atoms with Gasteiger partial charge in [-0.1, -0.05) is 39.0 Å². The van der Waals surface area contributed by atoms with Gasteiger partial charge in [0.1, 0.15) is 5.75 Å². The predicted molar refractivity (Wildman–Crippen MR) is 125 cm³/mol. The van der Waals surface area contributed by atoms with Crippen molar-refractivity contribution in [2.45, 2.75) is 65.5 Å². The molecule has 168 valence electrons. The molecule has 0 spiro atoms. The van der Waals surface area contributed by atoms with Crippen molar-refractivity contribution in [2.75, 3.05) is 20.2 Å². The van der Waals surface area contributed by atoms with Crippen molar-refractivity contribution < 1.29 is 14.3 Å². The Morgan fingerprint density at radius 3 is 2.42 bits per heavy atom. The van der Waals surface area contributed by atoms with E-state index < -0.39 is 0 Å². The molecular weight excluding hydrogens is 386 g/mol. The molecule has 0 aromatic heterocycles. The van der Waals surface area contributed by atoms with Crippen LogP contribution in [0, 0.1) is 17.3 Å². The lowest BCUT2D eigenvalue weighted by Gasteiger charge is -2.37. The molecule has 1 aliphatic carbocycles. The molecule has 2 aromatic carbocycles. The van der Waals surface area contributed by atoms with Crippen LogP contribution in [-0.2, 0) is 16.1 Å². The third kappa shape index (κ3) is 5.41. The summed E-state index contributed by atoms with van der Waals surface area (Å²) in [5, 5.41) is 2.46. The van der Waals surface area contributed by atoms with E-state index in [0.29, 0.717) is 11.5 Å². The molecule has 1 saturated heterocycles. The fourth-order valence-corrected chi connectivity index (χ4v) is 5.28. The first kappa shape index (κ1) is 22.1. The molecule has 1 unspecified atom stereocenters. The van der Waals surface area contributed by atoms with Gasteiger partial charge in [-0.2, -0.15) is 0 Å². The number of nitrogens with zero attached hydrogens (tertiary/aromatic N) is 1. The van der Waals surface area contributed by atoms with Gasteiger partial charge >= 0.3 is 5.97 Å². The zero-order valence-electron chi connectivity index (χ0n) is 19.5. The van der Waals surface area contributed by atoms with Gasteiger partial charge in [0, 0.05) is 13.1 Å². The van der Waals surface area contributed by atoms with Crippen LogP contribution in [0.3, 0.4) is 0 Å². The van der Waals surface area contributed by atoms with Crippen molar-refractivity contribution in [1.29, 1.82) is 0 Å². The summed E-state index contributed by atoms with van der Waals surface area (Å²) in [5.41, 5.74) is 1.69. The van der Waals surface area contributed by atoms with Crippen molar-refractivity contribution in [2.24, 2.45) is 17.3 Å². The third-order valence-corrected chi connectivity index (χ3v) is 7.29. The zero-order valence-corrected chi connectivity index (χ0v) is 19.5. The van der Waals surface area contributed by atoms with Crippen LogP contribution in [0.2, 0.25) is 0 Å². The fourth-order valence-electron chi connectivity index (χ4n) is 5.28. The van der Waals surface area contributed by atoms with E-state index in [1.165, 1.54) is 36.3 Å². The summed E-state index contributed by atoms with van der Waals surface area (Å²) in [5.74, 6) is 1.73. The van der Waals surface area contributed by atoms with Crippen LogP contribution in [0.25, 0.3) is 10.8 Å². The molecule has 2 aromatic rings. The Hall–Kier alpha value is -2.07. The van der Waals surface area contributed by atoms with Crippen molar-refractivity contribution in [1.82, 2.24) is 4.90 Å². The second-order valence-corrected chi connectivity index (χ2v) is 10.5. The molecule has 4 heteroatoms. The summed E-state index contributed by atoms with van der Waals surface area (Å²) in [6.07, 6.45) is 6.06. The van der Waals surface area contributed by atoms with Crippen molar-refractivity contribution in [3.8, 4) is 5.75 Å². The maximum atomic E-state index is 11.8. The Labute approximate surface area is 186 Å². The minimum absolute atomic E-state index is 0.0172. The third-order valence-electron chi connectivity index (χ3n) is 7.29. The quantitative estimate of drug-likeness (QED) is 0.568. The van der Waals surface area contributed by atoms with Gasteiger partial charge in [-0.15, -0.1) is 0 Å². The second-order valence-electron chi connectivity index (χ2n) is 10.5. The average molecular weight is 424 g/mol. The molecule has 0 N–H and O–H groups in total. The summed E-state index contributed by atoms with van der Waals surface area (Å²) in [6.45, 7) is 9.68. The number of carbonyl (C=O) groups excluding carboxylic acids is 1. The number of methoxy groups -OCH3 is 1. The molecule has 2 aliphatic rings. The van der Waals surface area contributed by atoms with Gasteiger partial charge in [-0.05, 0) is 84.5 Å². The van der Waals surface area contributed by atoms with E-state index >= 15 is 0 Å². The van der Waals surface area contributed by atoms with Crippen LogP contribution in [0.4, 0.5) is 0 Å². The Kier molecular flexibility index (Phi) is 6.57.